The van der Waals surface area contributed by atoms with Gasteiger partial charge in [0.1, 0.15) is 11.9 Å². The highest BCUT2D eigenvalue weighted by Gasteiger charge is 2.33. The highest BCUT2D eigenvalue weighted by molar-refractivity contribution is 6.01. The van der Waals surface area contributed by atoms with Crippen LogP contribution in [0, 0.1) is 11.2 Å². The number of carboxylic acid groups (broad SMARTS) is 1. The van der Waals surface area contributed by atoms with Crippen LogP contribution in [0.4, 0.5) is 10.1 Å². The van der Waals surface area contributed by atoms with E-state index in [1.807, 2.05) is 20.8 Å². The van der Waals surface area contributed by atoms with Gasteiger partial charge in [0, 0.05) is 12.1 Å². The first-order chi connectivity index (χ1) is 11.6. The Kier molecular flexibility index (Phi) is 5.45. The molecule has 0 bridgehead atoms. The number of hydrogen-bond acceptors (Lipinski definition) is 3. The Balaban J connectivity index is 2.16. The minimum absolute atomic E-state index is 0.0622. The van der Waals surface area contributed by atoms with E-state index in [9.17, 15) is 23.9 Å². The molecular formula is C18H23FN2O4. The molecule has 2 unspecified atom stereocenters. The Labute approximate surface area is 145 Å². The maximum absolute atomic E-state index is 13.3. The number of carbonyl (C=O) groups is 3. The summed E-state index contributed by atoms with van der Waals surface area (Å²) < 4.78 is 13.3. The lowest BCUT2D eigenvalue weighted by atomic mass is 9.87. The van der Waals surface area contributed by atoms with Gasteiger partial charge in [-0.3, -0.25) is 9.59 Å². The predicted octanol–water partition coefficient (Wildman–Crippen LogP) is 2.65. The number of fused-ring (bicyclic) bond motifs is 1. The van der Waals surface area contributed by atoms with Crippen molar-refractivity contribution < 1.29 is 23.9 Å². The van der Waals surface area contributed by atoms with Gasteiger partial charge < -0.3 is 15.7 Å². The average Bonchev–Trinajstić information content (AvgIpc) is 2.48. The summed E-state index contributed by atoms with van der Waals surface area (Å²) in [6.07, 6.45) is 0.813. The lowest BCUT2D eigenvalue weighted by Gasteiger charge is -2.27. The van der Waals surface area contributed by atoms with Crippen molar-refractivity contribution in [3.05, 3.63) is 29.6 Å². The second kappa shape index (κ2) is 7.21. The molecule has 0 aromatic heterocycles. The van der Waals surface area contributed by atoms with Crippen LogP contribution >= 0.6 is 0 Å². The van der Waals surface area contributed by atoms with Gasteiger partial charge in [-0.05, 0) is 36.0 Å². The summed E-state index contributed by atoms with van der Waals surface area (Å²) in [5, 5.41) is 14.4. The van der Waals surface area contributed by atoms with Gasteiger partial charge in [-0.25, -0.2) is 9.18 Å². The Hall–Kier alpha value is -2.44. The van der Waals surface area contributed by atoms with Crippen LogP contribution in [0.1, 0.15) is 51.5 Å². The lowest BCUT2D eigenvalue weighted by molar-refractivity contribution is -0.142. The Morgan fingerprint density at radius 2 is 2.08 bits per heavy atom. The zero-order chi connectivity index (χ0) is 18.8. The van der Waals surface area contributed by atoms with E-state index in [1.165, 1.54) is 12.1 Å². The number of anilines is 1. The van der Waals surface area contributed by atoms with Crippen molar-refractivity contribution in [2.75, 3.05) is 5.32 Å². The number of halogens is 1. The highest BCUT2D eigenvalue weighted by atomic mass is 19.1. The van der Waals surface area contributed by atoms with Gasteiger partial charge in [-0.2, -0.15) is 0 Å². The smallest absolute Gasteiger partial charge is 0.326 e. The van der Waals surface area contributed by atoms with Gasteiger partial charge in [-0.15, -0.1) is 0 Å². The molecule has 1 aliphatic rings. The Morgan fingerprint density at radius 1 is 1.40 bits per heavy atom. The molecule has 6 nitrogen and oxygen atoms in total. The van der Waals surface area contributed by atoms with Crippen LogP contribution in [-0.4, -0.2) is 28.9 Å². The summed E-state index contributed by atoms with van der Waals surface area (Å²) in [7, 11) is 0. The first-order valence-corrected chi connectivity index (χ1v) is 8.19. The van der Waals surface area contributed by atoms with Crippen molar-refractivity contribution in [2.45, 2.75) is 52.0 Å². The summed E-state index contributed by atoms with van der Waals surface area (Å²) in [5.41, 5.74) is 0.671. The van der Waals surface area contributed by atoms with E-state index in [2.05, 4.69) is 10.6 Å². The molecule has 1 aromatic carbocycles. The molecule has 0 saturated carbocycles. The molecule has 0 fully saturated rings. The fourth-order valence-electron chi connectivity index (χ4n) is 2.78. The van der Waals surface area contributed by atoms with Crippen molar-refractivity contribution in [3.63, 3.8) is 0 Å². The molecule has 2 atom stereocenters. The molecule has 0 aliphatic carbocycles. The summed E-state index contributed by atoms with van der Waals surface area (Å²) in [6, 6.07) is 2.78. The van der Waals surface area contributed by atoms with Gasteiger partial charge in [0.05, 0.1) is 5.92 Å². The van der Waals surface area contributed by atoms with Gasteiger partial charge >= 0.3 is 5.97 Å². The van der Waals surface area contributed by atoms with Crippen LogP contribution in [0.3, 0.4) is 0 Å². The zero-order valence-corrected chi connectivity index (χ0v) is 14.6. The van der Waals surface area contributed by atoms with E-state index in [0.29, 0.717) is 18.4 Å². The third-order valence-electron chi connectivity index (χ3n) is 4.17. The van der Waals surface area contributed by atoms with Gasteiger partial charge in [-0.1, -0.05) is 26.8 Å². The van der Waals surface area contributed by atoms with Crippen molar-refractivity contribution in [3.8, 4) is 0 Å². The molecule has 3 N–H and O–H groups in total. The van der Waals surface area contributed by atoms with E-state index < -0.39 is 35.6 Å². The summed E-state index contributed by atoms with van der Waals surface area (Å²) in [4.78, 5) is 35.8. The lowest BCUT2D eigenvalue weighted by Crippen LogP contribution is -2.45. The number of amides is 2. The van der Waals surface area contributed by atoms with E-state index in [-0.39, 0.29) is 17.5 Å². The van der Waals surface area contributed by atoms with E-state index in [0.717, 1.165) is 6.07 Å². The number of rotatable bonds is 5. The predicted molar refractivity (Wildman–Crippen MR) is 90.6 cm³/mol. The van der Waals surface area contributed by atoms with Crippen LogP contribution in [0.5, 0.6) is 0 Å². The Bertz CT molecular complexity index is 697. The maximum atomic E-state index is 13.3. The molecule has 1 aliphatic heterocycles. The standard InChI is InChI=1S/C18H23FN2O4/c1-18(2,3)7-6-13(17(24)25)21-16(23)12-9-15(22)20-14-8-10(19)4-5-11(12)14/h4-5,8,12-13H,6-7,9H2,1-3H3,(H,20,22)(H,21,23)(H,24,25). The third-order valence-corrected chi connectivity index (χ3v) is 4.17. The largest absolute Gasteiger partial charge is 0.480 e. The highest BCUT2D eigenvalue weighted by Crippen LogP contribution is 2.33. The van der Waals surface area contributed by atoms with Crippen LogP contribution < -0.4 is 10.6 Å². The number of aliphatic carboxylic acids is 1. The monoisotopic (exact) mass is 350 g/mol. The van der Waals surface area contributed by atoms with Crippen LogP contribution in [0.2, 0.25) is 0 Å². The maximum Gasteiger partial charge on any atom is 0.326 e. The summed E-state index contributed by atoms with van der Waals surface area (Å²) >= 11 is 0. The summed E-state index contributed by atoms with van der Waals surface area (Å²) in [6.45, 7) is 5.97. The van der Waals surface area contributed by atoms with Gasteiger partial charge in [0.15, 0.2) is 0 Å². The molecular weight excluding hydrogens is 327 g/mol. The molecule has 2 rings (SSSR count). The number of hydrogen-bond donors (Lipinski definition) is 3. The Morgan fingerprint density at radius 3 is 2.68 bits per heavy atom. The van der Waals surface area contributed by atoms with E-state index in [4.69, 9.17) is 0 Å². The van der Waals surface area contributed by atoms with Crippen LogP contribution in [0.15, 0.2) is 18.2 Å². The molecule has 0 radical (unpaired) electrons. The van der Waals surface area contributed by atoms with Crippen molar-refractivity contribution in [1.82, 2.24) is 5.32 Å². The molecule has 1 heterocycles. The van der Waals surface area contributed by atoms with Crippen molar-refractivity contribution in [1.29, 1.82) is 0 Å². The number of carboxylic acids is 1. The fraction of sp³-hybridized carbons (Fsp3) is 0.500. The van der Waals surface area contributed by atoms with E-state index in [1.54, 1.807) is 0 Å². The second-order valence-electron chi connectivity index (χ2n) is 7.54. The molecule has 0 spiro atoms. The molecule has 25 heavy (non-hydrogen) atoms. The minimum atomic E-state index is -1.11. The van der Waals surface area contributed by atoms with Crippen LogP contribution in [0.25, 0.3) is 0 Å². The van der Waals surface area contributed by atoms with Gasteiger partial charge in [0.2, 0.25) is 11.8 Å². The van der Waals surface area contributed by atoms with E-state index >= 15 is 0 Å². The molecule has 1 aromatic rings. The minimum Gasteiger partial charge on any atom is -0.480 e. The normalized spacial score (nSPS) is 18.1. The quantitative estimate of drug-likeness (QED) is 0.761. The average molecular weight is 350 g/mol. The number of benzene rings is 1. The van der Waals surface area contributed by atoms with Crippen LogP contribution in [-0.2, 0) is 14.4 Å². The first kappa shape index (κ1) is 18.9. The van der Waals surface area contributed by atoms with Crippen molar-refractivity contribution in [2.24, 2.45) is 5.41 Å². The molecule has 2 amide bonds. The SMILES string of the molecule is CC(C)(C)CCC(NC(=O)C1CC(=O)Nc2cc(F)ccc21)C(=O)O. The zero-order valence-electron chi connectivity index (χ0n) is 14.6. The first-order valence-electron chi connectivity index (χ1n) is 8.19. The third kappa shape index (κ3) is 5.01. The van der Waals surface area contributed by atoms with Crippen molar-refractivity contribution >= 4 is 23.5 Å². The molecule has 7 heteroatoms. The van der Waals surface area contributed by atoms with Gasteiger partial charge in [0.25, 0.3) is 0 Å². The molecule has 136 valence electrons. The number of carbonyl (C=O) groups excluding carboxylic acids is 2. The second-order valence-corrected chi connectivity index (χ2v) is 7.54. The molecule has 0 saturated heterocycles. The number of nitrogens with one attached hydrogen (secondary N) is 2. The topological polar surface area (TPSA) is 95.5 Å². The summed E-state index contributed by atoms with van der Waals surface area (Å²) in [5.74, 6) is -3.41. The fourth-order valence-corrected chi connectivity index (χ4v) is 2.78.